The predicted octanol–water partition coefficient (Wildman–Crippen LogP) is 4.09. The summed E-state index contributed by atoms with van der Waals surface area (Å²) in [6.45, 7) is 6.00. The van der Waals surface area contributed by atoms with Crippen molar-refractivity contribution >= 4 is 16.9 Å². The molecule has 5 nitrogen and oxygen atoms in total. The lowest BCUT2D eigenvalue weighted by molar-refractivity contribution is -0.134. The Labute approximate surface area is 151 Å². The number of aryl methyl sites for hydroxylation is 3. The summed E-state index contributed by atoms with van der Waals surface area (Å²) < 4.78 is 16.1. The number of carbonyl (C=O) groups is 1. The number of esters is 1. The van der Waals surface area contributed by atoms with E-state index in [4.69, 9.17) is 13.9 Å². The van der Waals surface area contributed by atoms with Gasteiger partial charge in [0.05, 0.1) is 13.0 Å². The normalized spacial score (nSPS) is 10.7. The van der Waals surface area contributed by atoms with Gasteiger partial charge in [-0.1, -0.05) is 12.1 Å². The first kappa shape index (κ1) is 17.7. The van der Waals surface area contributed by atoms with Crippen molar-refractivity contribution in [1.82, 2.24) is 0 Å². The summed E-state index contributed by atoms with van der Waals surface area (Å²) in [5.74, 6) is 0.688. The van der Waals surface area contributed by atoms with Crippen LogP contribution in [0, 0.1) is 20.8 Å². The third-order valence-electron chi connectivity index (χ3n) is 4.06. The Morgan fingerprint density at radius 3 is 2.62 bits per heavy atom. The van der Waals surface area contributed by atoms with E-state index in [-0.39, 0.29) is 13.0 Å². The second kappa shape index (κ2) is 7.44. The SMILES string of the molecule is Cc1ccc(C)c(OCCC(=O)Oc2ccc3c(C)cc(=O)oc3c2)c1. The molecule has 0 atom stereocenters. The van der Waals surface area contributed by atoms with Gasteiger partial charge < -0.3 is 13.9 Å². The van der Waals surface area contributed by atoms with Crippen molar-refractivity contribution in [2.24, 2.45) is 0 Å². The highest BCUT2D eigenvalue weighted by Gasteiger charge is 2.09. The smallest absolute Gasteiger partial charge is 0.336 e. The Balaban J connectivity index is 1.62. The fourth-order valence-electron chi connectivity index (χ4n) is 2.66. The molecule has 0 unspecified atom stereocenters. The third-order valence-corrected chi connectivity index (χ3v) is 4.06. The largest absolute Gasteiger partial charge is 0.493 e. The topological polar surface area (TPSA) is 65.7 Å². The monoisotopic (exact) mass is 352 g/mol. The standard InChI is InChI=1S/C21H20O5/c1-13-4-5-14(2)18(10-13)24-9-8-20(22)25-16-6-7-17-15(3)11-21(23)26-19(17)12-16/h4-7,10-12H,8-9H2,1-3H3. The van der Waals surface area contributed by atoms with E-state index in [2.05, 4.69) is 0 Å². The zero-order valence-corrected chi connectivity index (χ0v) is 15.0. The maximum Gasteiger partial charge on any atom is 0.336 e. The van der Waals surface area contributed by atoms with E-state index in [1.807, 2.05) is 39.0 Å². The molecule has 3 aromatic rings. The Bertz CT molecular complexity index is 1020. The number of benzene rings is 2. The second-order valence-corrected chi connectivity index (χ2v) is 6.25. The van der Waals surface area contributed by atoms with Gasteiger partial charge in [-0.05, 0) is 55.7 Å². The molecule has 1 aromatic heterocycles. The molecule has 3 rings (SSSR count). The number of fused-ring (bicyclic) bond motifs is 1. The molecule has 0 saturated heterocycles. The third kappa shape index (κ3) is 4.11. The van der Waals surface area contributed by atoms with Gasteiger partial charge in [0.25, 0.3) is 0 Å². The Kier molecular flexibility index (Phi) is 5.07. The van der Waals surface area contributed by atoms with E-state index in [9.17, 15) is 9.59 Å². The number of rotatable bonds is 5. The quantitative estimate of drug-likeness (QED) is 0.393. The second-order valence-electron chi connectivity index (χ2n) is 6.25. The molecule has 26 heavy (non-hydrogen) atoms. The summed E-state index contributed by atoms with van der Waals surface area (Å²) in [6, 6.07) is 12.4. The Morgan fingerprint density at radius 1 is 1.00 bits per heavy atom. The van der Waals surface area contributed by atoms with Gasteiger partial charge in [-0.2, -0.15) is 0 Å². The first-order valence-electron chi connectivity index (χ1n) is 8.37. The van der Waals surface area contributed by atoms with Crippen molar-refractivity contribution in [2.45, 2.75) is 27.2 Å². The molecule has 0 N–H and O–H groups in total. The van der Waals surface area contributed by atoms with Crippen LogP contribution in [0.3, 0.4) is 0 Å². The number of carbonyl (C=O) groups excluding carboxylic acids is 1. The van der Waals surface area contributed by atoms with Crippen LogP contribution in [0.4, 0.5) is 0 Å². The summed E-state index contributed by atoms with van der Waals surface area (Å²) in [5, 5.41) is 0.808. The van der Waals surface area contributed by atoms with Crippen molar-refractivity contribution < 1.29 is 18.7 Å². The first-order chi connectivity index (χ1) is 12.4. The van der Waals surface area contributed by atoms with Crippen LogP contribution in [-0.2, 0) is 4.79 Å². The van der Waals surface area contributed by atoms with Crippen molar-refractivity contribution in [3.8, 4) is 11.5 Å². The molecule has 0 spiro atoms. The van der Waals surface area contributed by atoms with Gasteiger partial charge >= 0.3 is 11.6 Å². The van der Waals surface area contributed by atoms with Gasteiger partial charge in [0.1, 0.15) is 17.1 Å². The molecule has 134 valence electrons. The van der Waals surface area contributed by atoms with Crippen molar-refractivity contribution in [3.63, 3.8) is 0 Å². The van der Waals surface area contributed by atoms with E-state index in [1.165, 1.54) is 6.07 Å². The first-order valence-corrected chi connectivity index (χ1v) is 8.37. The zero-order chi connectivity index (χ0) is 18.7. The minimum atomic E-state index is -0.430. The van der Waals surface area contributed by atoms with Crippen molar-refractivity contribution in [1.29, 1.82) is 0 Å². The molecule has 0 amide bonds. The molecule has 0 saturated carbocycles. The molecule has 0 aliphatic rings. The van der Waals surface area contributed by atoms with Gasteiger partial charge in [-0.25, -0.2) is 4.79 Å². The Morgan fingerprint density at radius 2 is 1.81 bits per heavy atom. The van der Waals surface area contributed by atoms with Crippen LogP contribution in [0.1, 0.15) is 23.1 Å². The van der Waals surface area contributed by atoms with Gasteiger partial charge in [-0.3, -0.25) is 4.79 Å². The van der Waals surface area contributed by atoms with Gasteiger partial charge in [0.2, 0.25) is 0 Å². The number of ether oxygens (including phenoxy) is 2. The fraction of sp³-hybridized carbons (Fsp3) is 0.238. The average molecular weight is 352 g/mol. The lowest BCUT2D eigenvalue weighted by Gasteiger charge is -2.10. The highest BCUT2D eigenvalue weighted by atomic mass is 16.5. The van der Waals surface area contributed by atoms with Crippen LogP contribution in [0.25, 0.3) is 11.0 Å². The van der Waals surface area contributed by atoms with Gasteiger partial charge in [0.15, 0.2) is 0 Å². The summed E-state index contributed by atoms with van der Waals surface area (Å²) in [4.78, 5) is 23.5. The van der Waals surface area contributed by atoms with E-state index >= 15 is 0 Å². The zero-order valence-electron chi connectivity index (χ0n) is 15.0. The van der Waals surface area contributed by atoms with Crippen LogP contribution in [0.5, 0.6) is 11.5 Å². The maximum atomic E-state index is 12.0. The molecular formula is C21H20O5. The summed E-state index contributed by atoms with van der Waals surface area (Å²) in [7, 11) is 0. The minimum Gasteiger partial charge on any atom is -0.493 e. The van der Waals surface area contributed by atoms with E-state index < -0.39 is 11.6 Å². The van der Waals surface area contributed by atoms with Crippen LogP contribution < -0.4 is 15.1 Å². The van der Waals surface area contributed by atoms with Crippen molar-refractivity contribution in [2.75, 3.05) is 6.61 Å². The van der Waals surface area contributed by atoms with E-state index in [0.29, 0.717) is 11.3 Å². The molecule has 0 aliphatic carbocycles. The van der Waals surface area contributed by atoms with Crippen molar-refractivity contribution in [3.05, 3.63) is 69.6 Å². The lowest BCUT2D eigenvalue weighted by Crippen LogP contribution is -2.13. The molecular weight excluding hydrogens is 332 g/mol. The van der Waals surface area contributed by atoms with Gasteiger partial charge in [0, 0.05) is 17.5 Å². The Hall–Kier alpha value is -3.08. The molecule has 0 radical (unpaired) electrons. The molecule has 5 heteroatoms. The highest BCUT2D eigenvalue weighted by molar-refractivity contribution is 5.82. The molecule has 2 aromatic carbocycles. The van der Waals surface area contributed by atoms with Crippen LogP contribution in [-0.4, -0.2) is 12.6 Å². The summed E-state index contributed by atoms with van der Waals surface area (Å²) >= 11 is 0. The summed E-state index contributed by atoms with van der Waals surface area (Å²) in [5.41, 5.74) is 2.90. The highest BCUT2D eigenvalue weighted by Crippen LogP contribution is 2.23. The van der Waals surface area contributed by atoms with Crippen LogP contribution >= 0.6 is 0 Å². The average Bonchev–Trinajstić information content (AvgIpc) is 2.57. The molecule has 1 heterocycles. The maximum absolute atomic E-state index is 12.0. The minimum absolute atomic E-state index is 0.114. The molecule has 0 aliphatic heterocycles. The van der Waals surface area contributed by atoms with E-state index in [0.717, 1.165) is 27.8 Å². The predicted molar refractivity (Wildman–Crippen MR) is 98.9 cm³/mol. The summed E-state index contributed by atoms with van der Waals surface area (Å²) in [6.07, 6.45) is 0.114. The van der Waals surface area contributed by atoms with E-state index in [1.54, 1.807) is 18.2 Å². The van der Waals surface area contributed by atoms with Gasteiger partial charge in [-0.15, -0.1) is 0 Å². The molecule has 0 fully saturated rings. The molecule has 0 bridgehead atoms. The number of hydrogen-bond acceptors (Lipinski definition) is 5. The number of hydrogen-bond donors (Lipinski definition) is 0. The fourth-order valence-corrected chi connectivity index (χ4v) is 2.66. The van der Waals surface area contributed by atoms with Crippen LogP contribution in [0.2, 0.25) is 0 Å². The lowest BCUT2D eigenvalue weighted by atomic mass is 10.1. The van der Waals surface area contributed by atoms with Crippen LogP contribution in [0.15, 0.2) is 51.7 Å².